The smallest absolute Gasteiger partial charge is 0.326 e. The van der Waals surface area contributed by atoms with E-state index < -0.39 is 35.9 Å². The lowest BCUT2D eigenvalue weighted by atomic mass is 10.0. The number of nitrogens with one attached hydrogen (secondary N) is 5. The van der Waals surface area contributed by atoms with Gasteiger partial charge < -0.3 is 36.5 Å². The quantitative estimate of drug-likeness (QED) is 0.148. The monoisotopic (exact) mass is 595 g/mol. The number of amides is 3. The third-order valence-corrected chi connectivity index (χ3v) is 7.99. The van der Waals surface area contributed by atoms with E-state index in [4.69, 9.17) is 0 Å². The van der Waals surface area contributed by atoms with Crippen molar-refractivity contribution in [3.63, 3.8) is 0 Å². The fourth-order valence-electron chi connectivity index (χ4n) is 5.03. The van der Waals surface area contributed by atoms with E-state index in [0.29, 0.717) is 24.2 Å². The molecule has 11 nitrogen and oxygen atoms in total. The summed E-state index contributed by atoms with van der Waals surface area (Å²) in [6.07, 6.45) is 5.68. The number of aromatic nitrogens is 1. The number of para-hydroxylation sites is 1. The highest BCUT2D eigenvalue weighted by molar-refractivity contribution is 7.98. The van der Waals surface area contributed by atoms with E-state index >= 15 is 0 Å². The van der Waals surface area contributed by atoms with Crippen LogP contribution in [0.4, 0.5) is 0 Å². The Bertz CT molecular complexity index is 1390. The predicted octanol–water partition coefficient (Wildman–Crippen LogP) is 1.70. The van der Waals surface area contributed by atoms with Gasteiger partial charge in [0.1, 0.15) is 23.9 Å². The summed E-state index contributed by atoms with van der Waals surface area (Å²) < 4.78 is 0. The molecule has 0 saturated carbocycles. The molecule has 42 heavy (non-hydrogen) atoms. The van der Waals surface area contributed by atoms with Crippen molar-refractivity contribution in [1.82, 2.24) is 26.3 Å². The highest BCUT2D eigenvalue weighted by Gasteiger charge is 2.32. The number of carboxylic acid groups (broad SMARTS) is 1. The van der Waals surface area contributed by atoms with E-state index in [1.807, 2.05) is 30.5 Å². The number of benzene rings is 2. The van der Waals surface area contributed by atoms with E-state index in [0.717, 1.165) is 29.4 Å². The van der Waals surface area contributed by atoms with Crippen molar-refractivity contribution in [3.8, 4) is 5.75 Å². The van der Waals surface area contributed by atoms with Crippen LogP contribution >= 0.6 is 11.8 Å². The number of thioether (sulfide) groups is 1. The van der Waals surface area contributed by atoms with Crippen LogP contribution in [0.3, 0.4) is 0 Å². The lowest BCUT2D eigenvalue weighted by Gasteiger charge is -2.25. The van der Waals surface area contributed by atoms with Crippen LogP contribution in [-0.2, 0) is 32.0 Å². The van der Waals surface area contributed by atoms with E-state index in [1.54, 1.807) is 18.3 Å². The minimum atomic E-state index is -1.27. The highest BCUT2D eigenvalue weighted by Crippen LogP contribution is 2.20. The van der Waals surface area contributed by atoms with Gasteiger partial charge in [-0.15, -0.1) is 0 Å². The van der Waals surface area contributed by atoms with Gasteiger partial charge in [-0.2, -0.15) is 11.8 Å². The van der Waals surface area contributed by atoms with Crippen LogP contribution in [-0.4, -0.2) is 81.6 Å². The molecule has 4 unspecified atom stereocenters. The van der Waals surface area contributed by atoms with Crippen molar-refractivity contribution in [1.29, 1.82) is 0 Å². The molecule has 3 amide bonds. The number of carboxylic acids is 1. The van der Waals surface area contributed by atoms with E-state index in [9.17, 15) is 29.4 Å². The van der Waals surface area contributed by atoms with Crippen LogP contribution in [0.1, 0.15) is 30.4 Å². The summed E-state index contributed by atoms with van der Waals surface area (Å²) in [5, 5.41) is 31.7. The first-order valence-corrected chi connectivity index (χ1v) is 15.3. The van der Waals surface area contributed by atoms with Gasteiger partial charge in [-0.1, -0.05) is 30.3 Å². The summed E-state index contributed by atoms with van der Waals surface area (Å²) in [5.74, 6) is -2.01. The molecule has 4 rings (SSSR count). The largest absolute Gasteiger partial charge is 0.508 e. The first kappa shape index (κ1) is 30.9. The highest BCUT2D eigenvalue weighted by atomic mass is 32.2. The van der Waals surface area contributed by atoms with Crippen LogP contribution in [0.5, 0.6) is 5.75 Å². The first-order valence-electron chi connectivity index (χ1n) is 13.9. The van der Waals surface area contributed by atoms with Gasteiger partial charge in [0.15, 0.2) is 0 Å². The minimum absolute atomic E-state index is 0.0180. The van der Waals surface area contributed by atoms with Crippen molar-refractivity contribution in [2.45, 2.75) is 56.3 Å². The van der Waals surface area contributed by atoms with Gasteiger partial charge in [0.2, 0.25) is 17.7 Å². The maximum Gasteiger partial charge on any atom is 0.326 e. The molecule has 2 heterocycles. The molecule has 2 aromatic carbocycles. The molecule has 4 atom stereocenters. The van der Waals surface area contributed by atoms with Gasteiger partial charge in [-0.3, -0.25) is 14.4 Å². The Kier molecular flexibility index (Phi) is 10.8. The molecular weight excluding hydrogens is 558 g/mol. The second-order valence-electron chi connectivity index (χ2n) is 10.4. The third kappa shape index (κ3) is 8.26. The van der Waals surface area contributed by atoms with Gasteiger partial charge >= 0.3 is 5.97 Å². The molecule has 7 N–H and O–H groups in total. The molecule has 1 saturated heterocycles. The number of aromatic hydroxyl groups is 1. The number of aliphatic carboxylic acids is 1. The minimum Gasteiger partial charge on any atom is -0.508 e. The summed E-state index contributed by atoms with van der Waals surface area (Å²) in [4.78, 5) is 55.3. The first-order chi connectivity index (χ1) is 20.2. The summed E-state index contributed by atoms with van der Waals surface area (Å²) in [6, 6.07) is 10.00. The number of hydrogen-bond donors (Lipinski definition) is 7. The van der Waals surface area contributed by atoms with Crippen LogP contribution in [0.25, 0.3) is 10.9 Å². The summed E-state index contributed by atoms with van der Waals surface area (Å²) in [7, 11) is 0. The molecule has 0 bridgehead atoms. The van der Waals surface area contributed by atoms with E-state index in [-0.39, 0.29) is 30.5 Å². The average Bonchev–Trinajstić information content (AvgIpc) is 3.66. The number of fused-ring (bicyclic) bond motifs is 1. The second kappa shape index (κ2) is 14.7. The Labute approximate surface area is 248 Å². The van der Waals surface area contributed by atoms with Crippen molar-refractivity contribution >= 4 is 46.4 Å². The zero-order chi connectivity index (χ0) is 30.1. The van der Waals surface area contributed by atoms with Crippen LogP contribution in [0.2, 0.25) is 0 Å². The number of H-pyrrole nitrogens is 1. The fraction of sp³-hybridized carbons (Fsp3) is 0.400. The Morgan fingerprint density at radius 2 is 1.67 bits per heavy atom. The standard InChI is InChI=1S/C30H37N5O6S/c1-42-14-12-24(33-27(37)23-7-4-13-31-23)28(38)34-25(16-19-17-32-22-6-3-2-5-21(19)22)29(39)35-26(30(40)41)15-18-8-10-20(36)11-9-18/h2-3,5-6,8-11,17,23-26,31-32,36H,4,7,12-16H2,1H3,(H,33,37)(H,34,38)(H,35,39)(H,40,41). The zero-order valence-electron chi connectivity index (χ0n) is 23.4. The molecule has 1 fully saturated rings. The molecular formula is C30H37N5O6S. The van der Waals surface area contributed by atoms with Crippen molar-refractivity contribution in [2.75, 3.05) is 18.6 Å². The molecule has 3 aromatic rings. The average molecular weight is 596 g/mol. The molecule has 0 radical (unpaired) electrons. The van der Waals surface area contributed by atoms with E-state index in [2.05, 4.69) is 26.3 Å². The van der Waals surface area contributed by atoms with Gasteiger partial charge in [0.05, 0.1) is 6.04 Å². The maximum atomic E-state index is 13.6. The number of carbonyl (C=O) groups excluding carboxylic acids is 3. The Morgan fingerprint density at radius 1 is 0.952 bits per heavy atom. The number of hydrogen-bond acceptors (Lipinski definition) is 7. The maximum absolute atomic E-state index is 13.6. The molecule has 1 aliphatic rings. The fourth-order valence-corrected chi connectivity index (χ4v) is 5.50. The Balaban J connectivity index is 1.55. The van der Waals surface area contributed by atoms with Crippen LogP contribution < -0.4 is 21.3 Å². The van der Waals surface area contributed by atoms with Crippen LogP contribution in [0, 0.1) is 0 Å². The van der Waals surface area contributed by atoms with Crippen LogP contribution in [0.15, 0.2) is 54.7 Å². The predicted molar refractivity (Wildman–Crippen MR) is 161 cm³/mol. The van der Waals surface area contributed by atoms with Gasteiger partial charge in [-0.25, -0.2) is 4.79 Å². The number of phenols is 1. The third-order valence-electron chi connectivity index (χ3n) is 7.34. The summed E-state index contributed by atoms with van der Waals surface area (Å²) in [5.41, 5.74) is 2.25. The Morgan fingerprint density at radius 3 is 2.36 bits per heavy atom. The van der Waals surface area contributed by atoms with E-state index in [1.165, 1.54) is 23.9 Å². The zero-order valence-corrected chi connectivity index (χ0v) is 24.2. The lowest BCUT2D eigenvalue weighted by molar-refractivity contribution is -0.142. The number of phenolic OH excluding ortho intramolecular Hbond substituents is 1. The lowest BCUT2D eigenvalue weighted by Crippen LogP contribution is -2.57. The van der Waals surface area contributed by atoms with Crippen molar-refractivity contribution in [3.05, 3.63) is 65.9 Å². The number of rotatable bonds is 14. The molecule has 1 aromatic heterocycles. The number of carbonyl (C=O) groups is 4. The van der Waals surface area contributed by atoms with Crippen molar-refractivity contribution in [2.24, 2.45) is 0 Å². The molecule has 0 spiro atoms. The van der Waals surface area contributed by atoms with Gasteiger partial charge in [0, 0.05) is 29.9 Å². The van der Waals surface area contributed by atoms with Crippen molar-refractivity contribution < 1.29 is 29.4 Å². The summed E-state index contributed by atoms with van der Waals surface area (Å²) >= 11 is 1.54. The summed E-state index contributed by atoms with van der Waals surface area (Å²) in [6.45, 7) is 0.738. The topological polar surface area (TPSA) is 173 Å². The normalized spacial score (nSPS) is 16.8. The second-order valence-corrected chi connectivity index (χ2v) is 11.4. The van der Waals surface area contributed by atoms with Gasteiger partial charge in [0.25, 0.3) is 0 Å². The molecule has 12 heteroatoms. The number of aromatic amines is 1. The SMILES string of the molecule is CSCCC(NC(=O)C1CCCN1)C(=O)NC(Cc1c[nH]c2ccccc12)C(=O)NC(Cc1ccc(O)cc1)C(=O)O. The molecule has 1 aliphatic heterocycles. The molecule has 224 valence electrons. The van der Waals surface area contributed by atoms with Gasteiger partial charge in [-0.05, 0) is 67.1 Å². The Hall–Kier alpha value is -4.03. The molecule has 0 aliphatic carbocycles.